The zero-order valence-electron chi connectivity index (χ0n) is 10.2. The minimum atomic E-state index is 0.416. The molecule has 1 aromatic heterocycles. The van der Waals surface area contributed by atoms with Gasteiger partial charge in [-0.3, -0.25) is 4.79 Å². The smallest absolute Gasteiger partial charge is 0.132 e. The third-order valence-corrected chi connectivity index (χ3v) is 3.68. The lowest BCUT2D eigenvalue weighted by atomic mass is 9.83. The Bertz CT molecular complexity index is 518. The molecule has 3 nitrogen and oxygen atoms in total. The number of ketones is 1. The number of carbonyl (C=O) groups excluding carboxylic acids is 1. The molecular formula is C15H16N2O. The lowest BCUT2D eigenvalue weighted by molar-refractivity contribution is -0.120. The van der Waals surface area contributed by atoms with Gasteiger partial charge < -0.3 is 0 Å². The summed E-state index contributed by atoms with van der Waals surface area (Å²) in [5.74, 6) is 0.966. The van der Waals surface area contributed by atoms with Gasteiger partial charge in [0.15, 0.2) is 0 Å². The van der Waals surface area contributed by atoms with Crippen LogP contribution in [0.2, 0.25) is 0 Å². The largest absolute Gasteiger partial charge is 0.300 e. The van der Waals surface area contributed by atoms with Crippen LogP contribution in [0, 0.1) is 0 Å². The molecule has 1 saturated carbocycles. The number of benzene rings is 1. The van der Waals surface area contributed by atoms with Crippen molar-refractivity contribution in [2.45, 2.75) is 31.6 Å². The number of carbonyl (C=O) groups is 1. The summed E-state index contributed by atoms with van der Waals surface area (Å²) in [7, 11) is 0. The summed E-state index contributed by atoms with van der Waals surface area (Å²) in [5, 5.41) is 4.21. The summed E-state index contributed by atoms with van der Waals surface area (Å²) >= 11 is 0. The van der Waals surface area contributed by atoms with E-state index in [-0.39, 0.29) is 0 Å². The van der Waals surface area contributed by atoms with Crippen LogP contribution in [0.4, 0.5) is 0 Å². The number of nitrogens with zero attached hydrogens (tertiary/aromatic N) is 2. The molecule has 0 bridgehead atoms. The quantitative estimate of drug-likeness (QED) is 0.808. The van der Waals surface area contributed by atoms with Crippen LogP contribution < -0.4 is 0 Å². The van der Waals surface area contributed by atoms with E-state index < -0.39 is 0 Å². The van der Waals surface area contributed by atoms with Gasteiger partial charge >= 0.3 is 0 Å². The Morgan fingerprint density at radius 2 is 1.83 bits per heavy atom. The second-order valence-electron chi connectivity index (χ2n) is 4.86. The molecule has 1 aromatic carbocycles. The van der Waals surface area contributed by atoms with E-state index in [4.69, 9.17) is 0 Å². The second kappa shape index (κ2) is 4.77. The highest BCUT2D eigenvalue weighted by molar-refractivity contribution is 5.79. The first-order valence-electron chi connectivity index (χ1n) is 6.44. The Balaban J connectivity index is 1.77. The average Bonchev–Trinajstić information content (AvgIpc) is 2.94. The zero-order valence-corrected chi connectivity index (χ0v) is 10.2. The van der Waals surface area contributed by atoms with Crippen LogP contribution in [0.3, 0.4) is 0 Å². The zero-order chi connectivity index (χ0) is 12.4. The molecule has 1 fully saturated rings. The van der Waals surface area contributed by atoms with Crippen molar-refractivity contribution in [1.29, 1.82) is 0 Å². The first-order chi connectivity index (χ1) is 8.83. The molecule has 1 aliphatic carbocycles. The normalized spacial score (nSPS) is 17.0. The summed E-state index contributed by atoms with van der Waals surface area (Å²) < 4.78 is 1.86. The van der Waals surface area contributed by atoms with E-state index in [2.05, 4.69) is 29.4 Å². The van der Waals surface area contributed by atoms with Gasteiger partial charge in [-0.2, -0.15) is 5.10 Å². The predicted octanol–water partition coefficient (Wildman–Crippen LogP) is 3.10. The Morgan fingerprint density at radius 3 is 2.44 bits per heavy atom. The van der Waals surface area contributed by atoms with E-state index in [1.807, 2.05) is 16.9 Å². The highest BCUT2D eigenvalue weighted by atomic mass is 16.1. The van der Waals surface area contributed by atoms with Crippen molar-refractivity contribution in [2.24, 2.45) is 0 Å². The van der Waals surface area contributed by atoms with Crippen molar-refractivity contribution in [3.8, 4) is 5.69 Å². The van der Waals surface area contributed by atoms with E-state index in [0.717, 1.165) is 31.4 Å². The van der Waals surface area contributed by atoms with Crippen molar-refractivity contribution < 1.29 is 4.79 Å². The molecule has 0 spiro atoms. The summed E-state index contributed by atoms with van der Waals surface area (Å²) in [6, 6.07) is 10.4. The topological polar surface area (TPSA) is 34.9 Å². The highest BCUT2D eigenvalue weighted by Gasteiger charge is 2.19. The molecule has 0 N–H and O–H groups in total. The third-order valence-electron chi connectivity index (χ3n) is 3.68. The number of aromatic nitrogens is 2. The number of Topliss-reactive ketones (excluding diaryl/α,β-unsaturated/α-hetero) is 1. The molecule has 0 atom stereocenters. The summed E-state index contributed by atoms with van der Waals surface area (Å²) in [4.78, 5) is 11.2. The van der Waals surface area contributed by atoms with Crippen molar-refractivity contribution in [1.82, 2.24) is 9.78 Å². The molecule has 18 heavy (non-hydrogen) atoms. The molecule has 0 aliphatic heterocycles. The maximum Gasteiger partial charge on any atom is 0.132 e. The second-order valence-corrected chi connectivity index (χ2v) is 4.86. The van der Waals surface area contributed by atoms with Crippen LogP contribution >= 0.6 is 0 Å². The molecule has 1 aliphatic rings. The van der Waals surface area contributed by atoms with Crippen molar-refractivity contribution >= 4 is 5.78 Å². The monoisotopic (exact) mass is 240 g/mol. The van der Waals surface area contributed by atoms with Gasteiger partial charge in [-0.25, -0.2) is 4.68 Å². The summed E-state index contributed by atoms with van der Waals surface area (Å²) in [5.41, 5.74) is 2.43. The van der Waals surface area contributed by atoms with E-state index in [9.17, 15) is 4.79 Å². The third kappa shape index (κ3) is 2.21. The lowest BCUT2D eigenvalue weighted by Gasteiger charge is -2.21. The number of hydrogen-bond acceptors (Lipinski definition) is 2. The molecule has 0 amide bonds. The van der Waals surface area contributed by atoms with Crippen LogP contribution in [0.15, 0.2) is 42.7 Å². The van der Waals surface area contributed by atoms with Gasteiger partial charge in [-0.1, -0.05) is 12.1 Å². The molecule has 0 unspecified atom stereocenters. The van der Waals surface area contributed by atoms with E-state index in [0.29, 0.717) is 11.7 Å². The predicted molar refractivity (Wildman–Crippen MR) is 69.8 cm³/mol. The Labute approximate surface area is 106 Å². The average molecular weight is 240 g/mol. The number of hydrogen-bond donors (Lipinski definition) is 0. The van der Waals surface area contributed by atoms with Gasteiger partial charge in [0, 0.05) is 25.2 Å². The summed E-state index contributed by atoms with van der Waals surface area (Å²) in [6.07, 6.45) is 7.20. The summed E-state index contributed by atoms with van der Waals surface area (Å²) in [6.45, 7) is 0. The van der Waals surface area contributed by atoms with Crippen LogP contribution in [0.1, 0.15) is 37.2 Å². The van der Waals surface area contributed by atoms with E-state index in [1.54, 1.807) is 6.20 Å². The Kier molecular flexibility index (Phi) is 2.97. The first kappa shape index (κ1) is 11.2. The Morgan fingerprint density at radius 1 is 1.11 bits per heavy atom. The van der Waals surface area contributed by atoms with E-state index >= 15 is 0 Å². The van der Waals surface area contributed by atoms with Gasteiger partial charge in [0.1, 0.15) is 5.78 Å². The SMILES string of the molecule is O=C1CCC(c2ccc(-n3cccn3)cc2)CC1. The van der Waals surface area contributed by atoms with Crippen LogP contribution in [-0.4, -0.2) is 15.6 Å². The van der Waals surface area contributed by atoms with Crippen molar-refractivity contribution in [3.63, 3.8) is 0 Å². The standard InChI is InChI=1S/C15H16N2O/c18-15-8-4-13(5-9-15)12-2-6-14(7-3-12)17-11-1-10-16-17/h1-3,6-7,10-11,13H,4-5,8-9H2. The Hall–Kier alpha value is -1.90. The van der Waals surface area contributed by atoms with Gasteiger partial charge in [0.25, 0.3) is 0 Å². The van der Waals surface area contributed by atoms with Crippen molar-refractivity contribution in [3.05, 3.63) is 48.3 Å². The molecular weight excluding hydrogens is 224 g/mol. The van der Waals surface area contributed by atoms with Gasteiger partial charge in [-0.05, 0) is 42.5 Å². The maximum atomic E-state index is 11.2. The molecule has 0 saturated heterocycles. The molecule has 0 radical (unpaired) electrons. The number of rotatable bonds is 2. The van der Waals surface area contributed by atoms with Crippen LogP contribution in [0.5, 0.6) is 0 Å². The fraction of sp³-hybridized carbons (Fsp3) is 0.333. The van der Waals surface area contributed by atoms with Gasteiger partial charge in [0.05, 0.1) is 5.69 Å². The molecule has 3 rings (SSSR count). The van der Waals surface area contributed by atoms with Crippen molar-refractivity contribution in [2.75, 3.05) is 0 Å². The van der Waals surface area contributed by atoms with Gasteiger partial charge in [-0.15, -0.1) is 0 Å². The fourth-order valence-corrected chi connectivity index (χ4v) is 2.59. The molecule has 2 aromatic rings. The fourth-order valence-electron chi connectivity index (χ4n) is 2.59. The molecule has 92 valence electrons. The minimum Gasteiger partial charge on any atom is -0.300 e. The molecule has 3 heteroatoms. The van der Waals surface area contributed by atoms with Gasteiger partial charge in [0.2, 0.25) is 0 Å². The van der Waals surface area contributed by atoms with E-state index in [1.165, 1.54) is 5.56 Å². The lowest BCUT2D eigenvalue weighted by Crippen LogP contribution is -2.12. The van der Waals surface area contributed by atoms with Crippen LogP contribution in [0.25, 0.3) is 5.69 Å². The minimum absolute atomic E-state index is 0.416. The van der Waals surface area contributed by atoms with Crippen LogP contribution in [-0.2, 0) is 4.79 Å². The maximum absolute atomic E-state index is 11.2. The first-order valence-corrected chi connectivity index (χ1v) is 6.44. The molecule has 1 heterocycles. The highest BCUT2D eigenvalue weighted by Crippen LogP contribution is 2.31.